The monoisotopic (exact) mass is 452 g/mol. The van der Waals surface area contributed by atoms with Gasteiger partial charge in [-0.3, -0.25) is 0 Å². The fraction of sp³-hybridized carbons (Fsp3) is 0.550. The Labute approximate surface area is 172 Å². The molecule has 0 aliphatic carbocycles. The molecule has 0 radical (unpaired) electrons. The van der Waals surface area contributed by atoms with Crippen LogP contribution in [0.5, 0.6) is 0 Å². The van der Waals surface area contributed by atoms with Gasteiger partial charge in [-0.1, -0.05) is 0 Å². The Kier molecular flexibility index (Phi) is 9.68. The van der Waals surface area contributed by atoms with E-state index in [-0.39, 0.29) is 10.5 Å². The maximum atomic E-state index is 12.7. The van der Waals surface area contributed by atoms with Crippen molar-refractivity contribution in [3.8, 4) is 0 Å². The van der Waals surface area contributed by atoms with Gasteiger partial charge in [0.05, 0.1) is 0 Å². The zero-order valence-corrected chi connectivity index (χ0v) is 18.5. The number of hydrogen-bond donors (Lipinski definition) is 2. The molecular formula is C20H29AsN2O5. The molecular weight excluding hydrogens is 423 g/mol. The molecule has 1 saturated heterocycles. The number of hydrogen-bond acceptors (Lipinski definition) is 5. The van der Waals surface area contributed by atoms with Crippen LogP contribution in [0.2, 0.25) is 5.21 Å². The molecule has 0 saturated carbocycles. The average Bonchev–Trinajstić information content (AvgIpc) is 3.50. The number of benzene rings is 1. The predicted octanol–water partition coefficient (Wildman–Crippen LogP) is 0.425. The van der Waals surface area contributed by atoms with Crippen LogP contribution < -0.4 is 10.6 Å². The van der Waals surface area contributed by atoms with E-state index in [0.29, 0.717) is 19.6 Å². The van der Waals surface area contributed by atoms with Crippen molar-refractivity contribution < 1.29 is 23.9 Å². The fourth-order valence-corrected chi connectivity index (χ4v) is 4.80. The van der Waals surface area contributed by atoms with Crippen LogP contribution in [0.1, 0.15) is 25.3 Å². The van der Waals surface area contributed by atoms with Crippen molar-refractivity contribution in [2.75, 3.05) is 20.3 Å². The van der Waals surface area contributed by atoms with Crippen LogP contribution in [0.3, 0.4) is 0 Å². The summed E-state index contributed by atoms with van der Waals surface area (Å²) in [5.74, 6) is -0.671. The summed E-state index contributed by atoms with van der Waals surface area (Å²) in [6.07, 6.45) is 0.544. The summed E-state index contributed by atoms with van der Waals surface area (Å²) in [6, 6.07) is 9.02. The first-order valence-electron chi connectivity index (χ1n) is 9.61. The molecule has 0 spiro atoms. The van der Waals surface area contributed by atoms with E-state index in [1.807, 2.05) is 37.3 Å². The Balaban J connectivity index is 1.92. The predicted molar refractivity (Wildman–Crippen MR) is 107 cm³/mol. The molecule has 0 bridgehead atoms. The van der Waals surface area contributed by atoms with E-state index in [1.54, 1.807) is 7.11 Å². The average molecular weight is 452 g/mol. The van der Waals surface area contributed by atoms with E-state index in [0.717, 1.165) is 23.6 Å². The summed E-state index contributed by atoms with van der Waals surface area (Å²) in [4.78, 5) is 37.1. The second kappa shape index (κ2) is 12.0. The van der Waals surface area contributed by atoms with Gasteiger partial charge in [0.25, 0.3) is 0 Å². The zero-order chi connectivity index (χ0) is 20.4. The molecule has 4 atom stereocenters. The first-order valence-corrected chi connectivity index (χ1v) is 12.1. The van der Waals surface area contributed by atoms with Gasteiger partial charge in [-0.05, 0) is 0 Å². The first kappa shape index (κ1) is 22.6. The van der Waals surface area contributed by atoms with Crippen LogP contribution in [-0.2, 0) is 30.3 Å². The topological polar surface area (TPSA) is 97.0 Å². The molecule has 7 nitrogen and oxygen atoms in total. The number of rotatable bonds is 13. The third kappa shape index (κ3) is 7.38. The molecule has 2 N–H and O–H groups in total. The van der Waals surface area contributed by atoms with Crippen LogP contribution >= 0.6 is 0 Å². The summed E-state index contributed by atoms with van der Waals surface area (Å²) < 4.78 is 10.4. The molecule has 1 aromatic carbocycles. The number of methoxy groups -OCH3 is 1. The maximum absolute atomic E-state index is 12.7. The zero-order valence-electron chi connectivity index (χ0n) is 16.4. The Morgan fingerprint density at radius 3 is 2.57 bits per heavy atom. The Hall–Kier alpha value is -1.69. The van der Waals surface area contributed by atoms with Crippen molar-refractivity contribution in [3.05, 3.63) is 35.9 Å². The van der Waals surface area contributed by atoms with Crippen molar-refractivity contribution >= 4 is 32.1 Å². The summed E-state index contributed by atoms with van der Waals surface area (Å²) in [5.41, 5.74) is 0.985. The van der Waals surface area contributed by atoms with Gasteiger partial charge in [0.15, 0.2) is 0 Å². The Morgan fingerprint density at radius 1 is 1.18 bits per heavy atom. The Bertz CT molecular complexity index is 655. The van der Waals surface area contributed by atoms with E-state index in [1.165, 1.54) is 0 Å². The number of amides is 2. The number of carbonyl (C=O) groups excluding carboxylic acids is 3. The van der Waals surface area contributed by atoms with Gasteiger partial charge in [0, 0.05) is 0 Å². The number of epoxide rings is 1. The molecule has 2 amide bonds. The molecule has 1 heterocycles. The van der Waals surface area contributed by atoms with Gasteiger partial charge < -0.3 is 0 Å². The van der Waals surface area contributed by atoms with Gasteiger partial charge in [-0.25, -0.2) is 0 Å². The van der Waals surface area contributed by atoms with E-state index in [4.69, 9.17) is 9.47 Å². The molecule has 1 unspecified atom stereocenters. The van der Waals surface area contributed by atoms with Gasteiger partial charge in [-0.15, -0.1) is 0 Å². The molecule has 2 rings (SSSR count). The quantitative estimate of drug-likeness (QED) is 0.257. The molecule has 28 heavy (non-hydrogen) atoms. The van der Waals surface area contributed by atoms with Gasteiger partial charge in [0.1, 0.15) is 0 Å². The van der Waals surface area contributed by atoms with Crippen LogP contribution in [0.4, 0.5) is 0 Å². The molecule has 8 heteroatoms. The van der Waals surface area contributed by atoms with E-state index < -0.39 is 39.9 Å². The summed E-state index contributed by atoms with van der Waals surface area (Å²) >= 11 is -0.853. The van der Waals surface area contributed by atoms with Gasteiger partial charge in [-0.2, -0.15) is 0 Å². The second-order valence-corrected chi connectivity index (χ2v) is 9.48. The second-order valence-electron chi connectivity index (χ2n) is 6.66. The standard InChI is InChI=1S/C20H29AsN2O5/c1-3-11-22-19(25)16-17(28-16)20(26)23-15(13-14-8-5-4-6-9-14)18(24)21-10-7-12-27-2/h4-6,8-9,15-17,21H,3,7,10-13H2,1-2H3,(H,22,25)(H,23,26)/t15-,16-,17-/m0/s1. The minimum absolute atomic E-state index is 0.0981. The molecule has 1 aliphatic heterocycles. The number of carbonyl (C=O) groups is 3. The van der Waals surface area contributed by atoms with Crippen molar-refractivity contribution in [2.24, 2.45) is 0 Å². The van der Waals surface area contributed by atoms with Crippen LogP contribution in [-0.4, -0.2) is 70.6 Å². The summed E-state index contributed by atoms with van der Waals surface area (Å²) in [6.45, 7) is 3.14. The van der Waals surface area contributed by atoms with Crippen molar-refractivity contribution in [1.29, 1.82) is 0 Å². The SMILES string of the molecule is CCCNC(=O)[C@H]1O[C@@H]1C(=O)N[C@@H](Cc1ccccc1)C(=O)[AsH]CCCOC. The first-order chi connectivity index (χ1) is 13.6. The third-order valence-corrected chi connectivity index (χ3v) is 7.03. The van der Waals surface area contributed by atoms with E-state index in [2.05, 4.69) is 10.6 Å². The minimum atomic E-state index is -0.853. The number of ether oxygens (including phenoxy) is 2. The fourth-order valence-electron chi connectivity index (χ4n) is 2.72. The third-order valence-electron chi connectivity index (χ3n) is 4.30. The van der Waals surface area contributed by atoms with Crippen molar-refractivity contribution in [3.63, 3.8) is 0 Å². The van der Waals surface area contributed by atoms with Crippen molar-refractivity contribution in [1.82, 2.24) is 10.6 Å². The van der Waals surface area contributed by atoms with Gasteiger partial charge >= 0.3 is 172 Å². The molecule has 0 aromatic heterocycles. The van der Waals surface area contributed by atoms with Crippen molar-refractivity contribution in [2.45, 2.75) is 49.6 Å². The van der Waals surface area contributed by atoms with E-state index in [9.17, 15) is 14.4 Å². The van der Waals surface area contributed by atoms with Gasteiger partial charge in [0.2, 0.25) is 0 Å². The van der Waals surface area contributed by atoms with Crippen LogP contribution in [0.15, 0.2) is 30.3 Å². The molecule has 1 aromatic rings. The Morgan fingerprint density at radius 2 is 1.89 bits per heavy atom. The number of nitrogens with one attached hydrogen (secondary N) is 2. The summed E-state index contributed by atoms with van der Waals surface area (Å²) in [5, 5.41) is 6.36. The molecule has 1 aliphatic rings. The van der Waals surface area contributed by atoms with E-state index >= 15 is 0 Å². The van der Waals surface area contributed by atoms with Crippen LogP contribution in [0, 0.1) is 0 Å². The normalized spacial score (nSPS) is 19.4. The molecule has 1 fully saturated rings. The van der Waals surface area contributed by atoms with Crippen LogP contribution in [0.25, 0.3) is 0 Å². The summed E-state index contributed by atoms with van der Waals surface area (Å²) in [7, 11) is 1.64. The molecule has 154 valence electrons.